The molecule has 5 nitrogen and oxygen atoms in total. The van der Waals surface area contributed by atoms with Gasteiger partial charge in [-0.1, -0.05) is 53.4 Å². The Kier molecular flexibility index (Phi) is 22.9. The normalized spacial score (nSPS) is 11.2. The molecule has 0 aromatic heterocycles. The van der Waals surface area contributed by atoms with Crippen LogP contribution in [0.5, 0.6) is 0 Å². The van der Waals surface area contributed by atoms with Crippen molar-refractivity contribution < 1.29 is 22.6 Å². The lowest BCUT2D eigenvalue weighted by Gasteiger charge is -2.39. The lowest BCUT2D eigenvalue weighted by molar-refractivity contribution is -0.929. The fraction of sp³-hybridized carbons (Fsp3) is 1.00. The molecule has 0 atom stereocenters. The third-order valence-electron chi connectivity index (χ3n) is 3.94. The standard InChI is InChI=1S/C16H36N.CH4O3S.CH4O/c1-5-9-13-17(14-10-6-2,15-11-7-3)16-12-8-4;1-5(2,3)4;1-2/h5-16H2,1-4H3;1H3,(H,2,3,4);2H,1H3/q+1;;/p-1. The molecular formula is C18H43NO4S. The van der Waals surface area contributed by atoms with Gasteiger partial charge in [-0.3, -0.25) is 0 Å². The number of aliphatic hydroxyl groups is 1. The Morgan fingerprint density at radius 1 is 0.708 bits per heavy atom. The van der Waals surface area contributed by atoms with Crippen molar-refractivity contribution in [3.63, 3.8) is 0 Å². The number of nitrogens with zero attached hydrogens (tertiary/aromatic N) is 1. The first-order valence-corrected chi connectivity index (χ1v) is 11.3. The van der Waals surface area contributed by atoms with Crippen LogP contribution in [-0.4, -0.2) is 62.1 Å². The molecule has 0 radical (unpaired) electrons. The zero-order valence-electron chi connectivity index (χ0n) is 17.0. The minimum Gasteiger partial charge on any atom is -0.748 e. The molecule has 0 fully saturated rings. The molecule has 150 valence electrons. The van der Waals surface area contributed by atoms with Crippen molar-refractivity contribution in [3.8, 4) is 0 Å². The van der Waals surface area contributed by atoms with E-state index in [-0.39, 0.29) is 0 Å². The summed E-state index contributed by atoms with van der Waals surface area (Å²) in [5.74, 6) is 0. The van der Waals surface area contributed by atoms with E-state index < -0.39 is 10.1 Å². The van der Waals surface area contributed by atoms with E-state index in [1.54, 1.807) is 0 Å². The van der Waals surface area contributed by atoms with E-state index in [1.165, 1.54) is 82.0 Å². The van der Waals surface area contributed by atoms with E-state index in [0.29, 0.717) is 6.26 Å². The third-order valence-corrected chi connectivity index (χ3v) is 3.94. The number of hydrogen-bond acceptors (Lipinski definition) is 4. The lowest BCUT2D eigenvalue weighted by atomic mass is 10.1. The Labute approximate surface area is 151 Å². The second-order valence-electron chi connectivity index (χ2n) is 6.35. The van der Waals surface area contributed by atoms with Gasteiger partial charge in [-0.2, -0.15) is 0 Å². The fourth-order valence-electron chi connectivity index (χ4n) is 2.64. The van der Waals surface area contributed by atoms with Crippen molar-refractivity contribution in [3.05, 3.63) is 0 Å². The van der Waals surface area contributed by atoms with Gasteiger partial charge in [0.15, 0.2) is 0 Å². The smallest absolute Gasteiger partial charge is 0.0916 e. The quantitative estimate of drug-likeness (QED) is 0.419. The largest absolute Gasteiger partial charge is 0.748 e. The number of rotatable bonds is 12. The molecule has 0 aromatic carbocycles. The van der Waals surface area contributed by atoms with Gasteiger partial charge in [-0.05, 0) is 25.7 Å². The maximum Gasteiger partial charge on any atom is 0.0916 e. The first-order chi connectivity index (χ1) is 11.2. The number of aliphatic hydroxyl groups excluding tert-OH is 1. The molecule has 0 saturated heterocycles. The zero-order valence-corrected chi connectivity index (χ0v) is 17.8. The Morgan fingerprint density at radius 2 is 0.875 bits per heavy atom. The molecule has 0 aliphatic carbocycles. The summed E-state index contributed by atoms with van der Waals surface area (Å²) in [4.78, 5) is 0. The Morgan fingerprint density at radius 3 is 1.00 bits per heavy atom. The summed E-state index contributed by atoms with van der Waals surface area (Å²) in [7, 11) is -2.92. The van der Waals surface area contributed by atoms with Gasteiger partial charge < -0.3 is 14.1 Å². The van der Waals surface area contributed by atoms with Gasteiger partial charge in [0.2, 0.25) is 0 Å². The van der Waals surface area contributed by atoms with Crippen LogP contribution in [0.3, 0.4) is 0 Å². The maximum atomic E-state index is 9.08. The predicted octanol–water partition coefficient (Wildman–Crippen LogP) is 3.77. The second-order valence-corrected chi connectivity index (χ2v) is 7.76. The van der Waals surface area contributed by atoms with Gasteiger partial charge in [0.1, 0.15) is 0 Å². The summed E-state index contributed by atoms with van der Waals surface area (Å²) >= 11 is 0. The molecule has 0 amide bonds. The van der Waals surface area contributed by atoms with Crippen molar-refractivity contribution in [2.24, 2.45) is 0 Å². The van der Waals surface area contributed by atoms with Crippen molar-refractivity contribution in [1.29, 1.82) is 0 Å². The highest BCUT2D eigenvalue weighted by Gasteiger charge is 2.24. The Hall–Kier alpha value is -0.170. The van der Waals surface area contributed by atoms with Crippen LogP contribution >= 0.6 is 0 Å². The van der Waals surface area contributed by atoms with E-state index in [1.807, 2.05) is 0 Å². The Bertz CT molecular complexity index is 286. The van der Waals surface area contributed by atoms with Gasteiger partial charge in [0, 0.05) is 13.4 Å². The average Bonchev–Trinajstić information content (AvgIpc) is 2.54. The molecule has 0 aliphatic heterocycles. The molecule has 0 aliphatic rings. The number of unbranched alkanes of at least 4 members (excludes halogenated alkanes) is 4. The highest BCUT2D eigenvalue weighted by atomic mass is 32.2. The van der Waals surface area contributed by atoms with Crippen LogP contribution in [0.4, 0.5) is 0 Å². The monoisotopic (exact) mass is 369 g/mol. The van der Waals surface area contributed by atoms with E-state index in [9.17, 15) is 0 Å². The summed E-state index contributed by atoms with van der Waals surface area (Å²) in [5.41, 5.74) is 0. The molecule has 0 unspecified atom stereocenters. The van der Waals surface area contributed by atoms with Gasteiger partial charge in [0.05, 0.1) is 36.3 Å². The van der Waals surface area contributed by atoms with Crippen LogP contribution in [0.1, 0.15) is 79.1 Å². The summed E-state index contributed by atoms with van der Waals surface area (Å²) in [6, 6.07) is 0. The van der Waals surface area contributed by atoms with Crippen molar-refractivity contribution >= 4 is 10.1 Å². The molecule has 24 heavy (non-hydrogen) atoms. The molecule has 0 saturated carbocycles. The molecule has 1 N–H and O–H groups in total. The van der Waals surface area contributed by atoms with Crippen LogP contribution in [0.2, 0.25) is 0 Å². The second kappa shape index (κ2) is 19.2. The van der Waals surface area contributed by atoms with Crippen LogP contribution in [0.15, 0.2) is 0 Å². The van der Waals surface area contributed by atoms with Gasteiger partial charge >= 0.3 is 0 Å². The minimum absolute atomic E-state index is 0.604. The summed E-state index contributed by atoms with van der Waals surface area (Å²) < 4.78 is 28.6. The molecule has 0 rings (SSSR count). The van der Waals surface area contributed by atoms with Crippen LogP contribution < -0.4 is 0 Å². The van der Waals surface area contributed by atoms with Crippen LogP contribution in [0, 0.1) is 0 Å². The van der Waals surface area contributed by atoms with Crippen LogP contribution in [-0.2, 0) is 10.1 Å². The average molecular weight is 370 g/mol. The van der Waals surface area contributed by atoms with Crippen molar-refractivity contribution in [2.45, 2.75) is 79.1 Å². The zero-order chi connectivity index (χ0) is 19.5. The van der Waals surface area contributed by atoms with E-state index >= 15 is 0 Å². The lowest BCUT2D eigenvalue weighted by Crippen LogP contribution is -2.50. The predicted molar refractivity (Wildman–Crippen MR) is 103 cm³/mol. The minimum atomic E-state index is -3.92. The fourth-order valence-corrected chi connectivity index (χ4v) is 2.64. The number of quaternary nitrogens is 1. The Balaban J connectivity index is -0.000000534. The SMILES string of the molecule is CCCC[N+](CCCC)(CCCC)CCCC.CO.CS(=O)(=O)[O-]. The van der Waals surface area contributed by atoms with E-state index in [2.05, 4.69) is 27.7 Å². The first-order valence-electron chi connectivity index (χ1n) is 9.45. The van der Waals surface area contributed by atoms with Gasteiger partial charge in [-0.15, -0.1) is 0 Å². The summed E-state index contributed by atoms with van der Waals surface area (Å²) in [6.45, 7) is 15.0. The third kappa shape index (κ3) is 24.1. The van der Waals surface area contributed by atoms with Gasteiger partial charge in [0.25, 0.3) is 0 Å². The van der Waals surface area contributed by atoms with E-state index in [4.69, 9.17) is 18.1 Å². The number of hydrogen-bond donors (Lipinski definition) is 1. The summed E-state index contributed by atoms with van der Waals surface area (Å²) in [5, 5.41) is 7.00. The van der Waals surface area contributed by atoms with Crippen molar-refractivity contribution in [2.75, 3.05) is 39.5 Å². The maximum absolute atomic E-state index is 9.08. The first kappa shape index (κ1) is 28.6. The van der Waals surface area contributed by atoms with E-state index in [0.717, 1.165) is 7.11 Å². The topological polar surface area (TPSA) is 77.4 Å². The van der Waals surface area contributed by atoms with Crippen LogP contribution in [0.25, 0.3) is 0 Å². The van der Waals surface area contributed by atoms with Crippen molar-refractivity contribution in [1.82, 2.24) is 0 Å². The molecule has 0 aromatic rings. The molecule has 0 bridgehead atoms. The highest BCUT2D eigenvalue weighted by Crippen LogP contribution is 2.16. The molecule has 6 heteroatoms. The summed E-state index contributed by atoms with van der Waals surface area (Å²) in [6.07, 6.45) is 11.7. The van der Waals surface area contributed by atoms with Gasteiger partial charge in [-0.25, -0.2) is 8.42 Å². The molecule has 0 heterocycles. The highest BCUT2D eigenvalue weighted by molar-refractivity contribution is 7.84. The molecular weight excluding hydrogens is 326 g/mol. The molecule has 0 spiro atoms.